The number of carbonyl (C=O) groups is 1. The lowest BCUT2D eigenvalue weighted by Gasteiger charge is -2.23. The van der Waals surface area contributed by atoms with E-state index in [-0.39, 0.29) is 24.9 Å². The van der Waals surface area contributed by atoms with E-state index in [4.69, 9.17) is 5.11 Å². The van der Waals surface area contributed by atoms with E-state index < -0.39 is 24.7 Å². The monoisotopic (exact) mass is 308 g/mol. The Kier molecular flexibility index (Phi) is 8.00. The fourth-order valence-electron chi connectivity index (χ4n) is 1.37. The summed E-state index contributed by atoms with van der Waals surface area (Å²) >= 11 is 1.70. The zero-order chi connectivity index (χ0) is 12.9. The molecule has 3 N–H and O–H groups in total. The summed E-state index contributed by atoms with van der Waals surface area (Å²) in [6.07, 6.45) is -7.05. The van der Waals surface area contributed by atoms with Crippen molar-refractivity contribution in [2.45, 2.75) is 24.7 Å². The van der Waals surface area contributed by atoms with Crippen LogP contribution >= 0.6 is 24.2 Å². The standard InChI is InChI=1S/C9H15F3N2O2S.ClH/c10-9(11,12)7(15)4-14-8(16)3-6-5-17-2-1-13-6;/h6-7,13,15H,1-5H2,(H,14,16);1H. The fraction of sp³-hybridized carbons (Fsp3) is 0.889. The molecule has 9 heteroatoms. The highest BCUT2D eigenvalue weighted by molar-refractivity contribution is 7.99. The SMILES string of the molecule is Cl.O=C(CC1CSCCN1)NCC(O)C(F)(F)F. The Morgan fingerprint density at radius 3 is 2.72 bits per heavy atom. The average molecular weight is 309 g/mol. The molecule has 1 fully saturated rings. The number of aliphatic hydroxyl groups excluding tert-OH is 1. The Labute approximate surface area is 113 Å². The van der Waals surface area contributed by atoms with Gasteiger partial charge in [-0.15, -0.1) is 12.4 Å². The van der Waals surface area contributed by atoms with Crippen LogP contribution in [0.2, 0.25) is 0 Å². The first kappa shape index (κ1) is 17.8. The second kappa shape index (κ2) is 8.08. The van der Waals surface area contributed by atoms with Gasteiger partial charge >= 0.3 is 6.18 Å². The number of rotatable bonds is 4. The maximum atomic E-state index is 11.9. The third kappa shape index (κ3) is 6.67. The molecule has 0 aromatic heterocycles. The minimum Gasteiger partial charge on any atom is -0.382 e. The average Bonchev–Trinajstić information content (AvgIpc) is 2.26. The van der Waals surface area contributed by atoms with E-state index in [9.17, 15) is 18.0 Å². The highest BCUT2D eigenvalue weighted by Gasteiger charge is 2.38. The fourth-order valence-corrected chi connectivity index (χ4v) is 2.32. The summed E-state index contributed by atoms with van der Waals surface area (Å²) in [6.45, 7) is 0.00991. The molecule has 0 spiro atoms. The zero-order valence-corrected chi connectivity index (χ0v) is 11.1. The van der Waals surface area contributed by atoms with Crippen molar-refractivity contribution in [2.75, 3.05) is 24.6 Å². The van der Waals surface area contributed by atoms with E-state index in [1.54, 1.807) is 11.8 Å². The first-order valence-electron chi connectivity index (χ1n) is 5.22. The third-order valence-electron chi connectivity index (χ3n) is 2.30. The Balaban J connectivity index is 0.00000289. The summed E-state index contributed by atoms with van der Waals surface area (Å²) < 4.78 is 35.8. The van der Waals surface area contributed by atoms with Crippen molar-refractivity contribution in [1.29, 1.82) is 0 Å². The van der Waals surface area contributed by atoms with Gasteiger partial charge < -0.3 is 15.7 Å². The van der Waals surface area contributed by atoms with E-state index in [0.717, 1.165) is 18.1 Å². The van der Waals surface area contributed by atoms with Gasteiger partial charge in [0, 0.05) is 30.5 Å². The predicted molar refractivity (Wildman–Crippen MR) is 66.1 cm³/mol. The van der Waals surface area contributed by atoms with E-state index in [1.807, 2.05) is 0 Å². The lowest BCUT2D eigenvalue weighted by atomic mass is 10.2. The normalized spacial score (nSPS) is 21.9. The lowest BCUT2D eigenvalue weighted by molar-refractivity contribution is -0.201. The van der Waals surface area contributed by atoms with Gasteiger partial charge in [0.15, 0.2) is 6.10 Å². The van der Waals surface area contributed by atoms with Gasteiger partial charge in [0.05, 0.1) is 6.54 Å². The summed E-state index contributed by atoms with van der Waals surface area (Å²) in [4.78, 5) is 11.3. The molecule has 0 radical (unpaired) electrons. The molecule has 1 aliphatic heterocycles. The Bertz CT molecular complexity index is 263. The summed E-state index contributed by atoms with van der Waals surface area (Å²) in [5, 5.41) is 13.9. The first-order chi connectivity index (χ1) is 7.89. The summed E-state index contributed by atoms with van der Waals surface area (Å²) in [6, 6.07) is -0.00298. The largest absolute Gasteiger partial charge is 0.416 e. The maximum absolute atomic E-state index is 11.9. The molecule has 0 aliphatic carbocycles. The molecule has 1 aliphatic rings. The van der Waals surface area contributed by atoms with Crippen LogP contribution in [0.15, 0.2) is 0 Å². The van der Waals surface area contributed by atoms with Gasteiger partial charge in [-0.05, 0) is 0 Å². The van der Waals surface area contributed by atoms with E-state index in [1.165, 1.54) is 0 Å². The molecule has 2 atom stereocenters. The van der Waals surface area contributed by atoms with Crippen LogP contribution in [0.25, 0.3) is 0 Å². The van der Waals surface area contributed by atoms with Crippen molar-refractivity contribution >= 4 is 30.1 Å². The molecule has 4 nitrogen and oxygen atoms in total. The highest BCUT2D eigenvalue weighted by Crippen LogP contribution is 2.19. The van der Waals surface area contributed by atoms with Crippen molar-refractivity contribution in [3.63, 3.8) is 0 Å². The van der Waals surface area contributed by atoms with Gasteiger partial charge in [0.1, 0.15) is 0 Å². The van der Waals surface area contributed by atoms with E-state index in [2.05, 4.69) is 10.6 Å². The Hall–Kier alpha value is -0.180. The van der Waals surface area contributed by atoms with Crippen molar-refractivity contribution in [3.05, 3.63) is 0 Å². The number of nitrogens with one attached hydrogen (secondary N) is 2. The smallest absolute Gasteiger partial charge is 0.382 e. The third-order valence-corrected chi connectivity index (χ3v) is 3.43. The van der Waals surface area contributed by atoms with E-state index >= 15 is 0 Å². The number of carbonyl (C=O) groups excluding carboxylic acids is 1. The molecule has 0 bridgehead atoms. The number of hydrogen-bond donors (Lipinski definition) is 3. The van der Waals surface area contributed by atoms with Crippen LogP contribution in [0, 0.1) is 0 Å². The number of aliphatic hydroxyl groups is 1. The molecular weight excluding hydrogens is 293 g/mol. The molecule has 0 aromatic carbocycles. The summed E-state index contributed by atoms with van der Waals surface area (Å²) in [5.41, 5.74) is 0. The van der Waals surface area contributed by atoms with Crippen LogP contribution in [-0.4, -0.2) is 53.9 Å². The van der Waals surface area contributed by atoms with Crippen molar-refractivity contribution in [3.8, 4) is 0 Å². The topological polar surface area (TPSA) is 61.4 Å². The molecule has 1 rings (SSSR count). The Morgan fingerprint density at radius 2 is 2.22 bits per heavy atom. The predicted octanol–water partition coefficient (Wildman–Crippen LogP) is 0.543. The highest BCUT2D eigenvalue weighted by atomic mass is 35.5. The molecular formula is C9H16ClF3N2O2S. The molecule has 0 saturated carbocycles. The summed E-state index contributed by atoms with van der Waals surface area (Å²) in [7, 11) is 0. The van der Waals surface area contributed by atoms with Crippen LogP contribution in [0.4, 0.5) is 13.2 Å². The molecule has 108 valence electrons. The minimum absolute atomic E-state index is 0. The molecule has 1 saturated heterocycles. The van der Waals surface area contributed by atoms with Gasteiger partial charge in [-0.1, -0.05) is 0 Å². The number of hydrogen-bond acceptors (Lipinski definition) is 4. The van der Waals surface area contributed by atoms with Gasteiger partial charge in [-0.2, -0.15) is 24.9 Å². The van der Waals surface area contributed by atoms with Crippen LogP contribution in [0.1, 0.15) is 6.42 Å². The second-order valence-corrected chi connectivity index (χ2v) is 4.94. The van der Waals surface area contributed by atoms with Gasteiger partial charge in [0.2, 0.25) is 5.91 Å². The number of thioether (sulfide) groups is 1. The first-order valence-corrected chi connectivity index (χ1v) is 6.37. The van der Waals surface area contributed by atoms with Crippen LogP contribution in [0.5, 0.6) is 0 Å². The molecule has 1 amide bonds. The zero-order valence-electron chi connectivity index (χ0n) is 9.50. The van der Waals surface area contributed by atoms with Crippen molar-refractivity contribution in [2.24, 2.45) is 0 Å². The van der Waals surface area contributed by atoms with Gasteiger partial charge in [0.25, 0.3) is 0 Å². The molecule has 2 unspecified atom stereocenters. The van der Waals surface area contributed by atoms with Gasteiger partial charge in [-0.25, -0.2) is 0 Å². The second-order valence-electron chi connectivity index (χ2n) is 3.79. The van der Waals surface area contributed by atoms with Crippen molar-refractivity contribution < 1.29 is 23.1 Å². The maximum Gasteiger partial charge on any atom is 0.416 e. The van der Waals surface area contributed by atoms with Crippen molar-refractivity contribution in [1.82, 2.24) is 10.6 Å². The van der Waals surface area contributed by atoms with Crippen LogP contribution in [-0.2, 0) is 4.79 Å². The minimum atomic E-state index is -4.69. The number of halogens is 4. The molecule has 18 heavy (non-hydrogen) atoms. The van der Waals surface area contributed by atoms with Crippen LogP contribution in [0.3, 0.4) is 0 Å². The molecule has 1 heterocycles. The van der Waals surface area contributed by atoms with Crippen LogP contribution < -0.4 is 10.6 Å². The number of alkyl halides is 3. The molecule has 0 aromatic rings. The quantitative estimate of drug-likeness (QED) is 0.709. The Morgan fingerprint density at radius 1 is 1.56 bits per heavy atom. The number of amides is 1. The lowest BCUT2D eigenvalue weighted by Crippen LogP contribution is -2.44. The van der Waals surface area contributed by atoms with E-state index in [0.29, 0.717) is 0 Å². The summed E-state index contributed by atoms with van der Waals surface area (Å²) in [5.74, 6) is 1.27. The van der Waals surface area contributed by atoms with Gasteiger partial charge in [-0.3, -0.25) is 4.79 Å².